The molecule has 0 unspecified atom stereocenters. The number of nitrogens with one attached hydrogen (secondary N) is 2. The number of hydrogen-bond donors (Lipinski definition) is 2. The Morgan fingerprint density at radius 2 is 1.96 bits per heavy atom. The van der Waals surface area contributed by atoms with Gasteiger partial charge in [-0.25, -0.2) is 14.0 Å². The summed E-state index contributed by atoms with van der Waals surface area (Å²) in [6, 6.07) is 4.31. The molecule has 0 atom stereocenters. The predicted molar refractivity (Wildman–Crippen MR) is 85.8 cm³/mol. The first-order valence-corrected chi connectivity index (χ1v) is 7.54. The average Bonchev–Trinajstić information content (AvgIpc) is 3.07. The Kier molecular flexibility index (Phi) is 6.37. The zero-order valence-electron chi connectivity index (χ0n) is 12.5. The van der Waals surface area contributed by atoms with Gasteiger partial charge in [0.15, 0.2) is 6.61 Å². The van der Waals surface area contributed by atoms with Crippen LogP contribution in [0.1, 0.15) is 16.1 Å². The van der Waals surface area contributed by atoms with Crippen LogP contribution < -0.4 is 10.6 Å². The van der Waals surface area contributed by atoms with Crippen molar-refractivity contribution in [1.29, 1.82) is 0 Å². The Labute approximate surface area is 151 Å². The highest BCUT2D eigenvalue weighted by Gasteiger charge is 2.17. The van der Waals surface area contributed by atoms with Crippen LogP contribution in [0.2, 0.25) is 10.0 Å². The van der Waals surface area contributed by atoms with E-state index in [1.807, 2.05) is 5.32 Å². The Hall–Kier alpha value is -2.58. The van der Waals surface area contributed by atoms with Crippen molar-refractivity contribution < 1.29 is 27.9 Å². The van der Waals surface area contributed by atoms with E-state index >= 15 is 0 Å². The van der Waals surface area contributed by atoms with Crippen LogP contribution in [0.4, 0.5) is 9.18 Å². The van der Waals surface area contributed by atoms with Crippen molar-refractivity contribution in [3.05, 3.63) is 57.7 Å². The molecular formula is C15H11Cl2FN2O5. The fourth-order valence-corrected chi connectivity index (χ4v) is 2.14. The third-order valence-corrected chi connectivity index (χ3v) is 3.42. The molecule has 25 heavy (non-hydrogen) atoms. The first kappa shape index (κ1) is 18.8. The van der Waals surface area contributed by atoms with Crippen LogP contribution in [0.3, 0.4) is 0 Å². The summed E-state index contributed by atoms with van der Waals surface area (Å²) in [6.07, 6.45) is 1.43. The fraction of sp³-hybridized carbons (Fsp3) is 0.133. The number of amides is 3. The molecule has 1 heterocycles. The van der Waals surface area contributed by atoms with Crippen LogP contribution in [-0.4, -0.2) is 24.5 Å². The molecule has 0 radical (unpaired) electrons. The minimum Gasteiger partial charge on any atom is -0.467 e. The van der Waals surface area contributed by atoms with Crippen molar-refractivity contribution in [3.63, 3.8) is 0 Å². The number of ether oxygens (including phenoxy) is 1. The largest absolute Gasteiger partial charge is 0.467 e. The molecule has 0 aliphatic carbocycles. The number of furan rings is 1. The predicted octanol–water partition coefficient (Wildman–Crippen LogP) is 2.91. The summed E-state index contributed by atoms with van der Waals surface area (Å²) in [7, 11) is 0. The average molecular weight is 389 g/mol. The van der Waals surface area contributed by atoms with E-state index < -0.39 is 30.3 Å². The number of benzene rings is 1. The van der Waals surface area contributed by atoms with Crippen LogP contribution in [0.5, 0.6) is 0 Å². The molecule has 0 spiro atoms. The maximum atomic E-state index is 13.4. The number of rotatable bonds is 5. The van der Waals surface area contributed by atoms with Crippen molar-refractivity contribution in [3.8, 4) is 0 Å². The van der Waals surface area contributed by atoms with Crippen molar-refractivity contribution in [1.82, 2.24) is 10.6 Å². The topological polar surface area (TPSA) is 97.6 Å². The highest BCUT2D eigenvalue weighted by atomic mass is 35.5. The van der Waals surface area contributed by atoms with E-state index in [1.54, 1.807) is 12.1 Å². The summed E-state index contributed by atoms with van der Waals surface area (Å²) in [5.74, 6) is -2.28. The van der Waals surface area contributed by atoms with E-state index in [9.17, 15) is 18.8 Å². The third kappa shape index (κ3) is 5.47. The van der Waals surface area contributed by atoms with Crippen molar-refractivity contribution in [2.75, 3.05) is 6.61 Å². The maximum Gasteiger partial charge on any atom is 0.340 e. The van der Waals surface area contributed by atoms with Gasteiger partial charge in [-0.3, -0.25) is 10.1 Å². The summed E-state index contributed by atoms with van der Waals surface area (Å²) in [5, 5.41) is 3.93. The number of urea groups is 1. The number of halogens is 3. The van der Waals surface area contributed by atoms with Gasteiger partial charge >= 0.3 is 12.0 Å². The van der Waals surface area contributed by atoms with Gasteiger partial charge in [-0.2, -0.15) is 0 Å². The van der Waals surface area contributed by atoms with E-state index in [4.69, 9.17) is 27.6 Å². The van der Waals surface area contributed by atoms with Gasteiger partial charge in [-0.1, -0.05) is 23.2 Å². The summed E-state index contributed by atoms with van der Waals surface area (Å²) in [4.78, 5) is 34.8. The Morgan fingerprint density at radius 3 is 2.64 bits per heavy atom. The first-order valence-electron chi connectivity index (χ1n) is 6.78. The molecule has 0 saturated heterocycles. The SMILES string of the molecule is O=C(COC(=O)c1cc(F)c(Cl)cc1Cl)NC(=O)NCc1ccco1. The smallest absolute Gasteiger partial charge is 0.340 e. The van der Waals surface area contributed by atoms with Crippen LogP contribution >= 0.6 is 23.2 Å². The standard InChI is InChI=1S/C15H11Cl2FN2O5/c16-10-5-11(17)12(18)4-9(10)14(22)25-7-13(21)20-15(23)19-6-8-2-1-3-24-8/h1-5H,6-7H2,(H2,19,20,21,23). The second-order valence-corrected chi connectivity index (χ2v) is 5.45. The van der Waals surface area contributed by atoms with Gasteiger partial charge in [0.1, 0.15) is 11.6 Å². The second-order valence-electron chi connectivity index (χ2n) is 4.63. The summed E-state index contributed by atoms with van der Waals surface area (Å²) < 4.78 is 23.0. The third-order valence-electron chi connectivity index (χ3n) is 2.82. The minimum atomic E-state index is -1.04. The summed E-state index contributed by atoms with van der Waals surface area (Å²) in [6.45, 7) is -0.681. The normalized spacial score (nSPS) is 10.2. The zero-order valence-corrected chi connectivity index (χ0v) is 14.0. The van der Waals surface area contributed by atoms with Crippen LogP contribution in [-0.2, 0) is 16.1 Å². The Morgan fingerprint density at radius 1 is 1.20 bits per heavy atom. The Bertz CT molecular complexity index is 795. The first-order chi connectivity index (χ1) is 11.9. The molecule has 1 aromatic carbocycles. The lowest BCUT2D eigenvalue weighted by Gasteiger charge is -2.08. The highest BCUT2D eigenvalue weighted by Crippen LogP contribution is 2.24. The van der Waals surface area contributed by atoms with E-state index in [1.165, 1.54) is 6.26 Å². The van der Waals surface area contributed by atoms with E-state index in [-0.39, 0.29) is 22.2 Å². The van der Waals surface area contributed by atoms with Gasteiger partial charge in [-0.15, -0.1) is 0 Å². The van der Waals surface area contributed by atoms with Crippen LogP contribution in [0, 0.1) is 5.82 Å². The van der Waals surface area contributed by atoms with Crippen molar-refractivity contribution in [2.24, 2.45) is 0 Å². The molecule has 0 saturated carbocycles. The molecule has 0 bridgehead atoms. The second kappa shape index (κ2) is 8.50. The number of carbonyl (C=O) groups is 3. The van der Waals surface area contributed by atoms with Gasteiger partial charge < -0.3 is 14.5 Å². The fourth-order valence-electron chi connectivity index (χ4n) is 1.68. The van der Waals surface area contributed by atoms with Crippen LogP contribution in [0.15, 0.2) is 34.9 Å². The van der Waals surface area contributed by atoms with Crippen molar-refractivity contribution in [2.45, 2.75) is 6.54 Å². The lowest BCUT2D eigenvalue weighted by molar-refractivity contribution is -0.123. The summed E-state index contributed by atoms with van der Waals surface area (Å²) >= 11 is 11.3. The van der Waals surface area contributed by atoms with E-state index in [0.29, 0.717) is 5.76 Å². The van der Waals surface area contributed by atoms with Gasteiger partial charge in [-0.05, 0) is 24.3 Å². The molecular weight excluding hydrogens is 378 g/mol. The number of imide groups is 1. The lowest BCUT2D eigenvalue weighted by atomic mass is 10.2. The molecule has 10 heteroatoms. The molecule has 3 amide bonds. The molecule has 2 rings (SSSR count). The monoisotopic (exact) mass is 388 g/mol. The number of hydrogen-bond acceptors (Lipinski definition) is 5. The molecule has 2 aromatic rings. The Balaban J connectivity index is 1.80. The lowest BCUT2D eigenvalue weighted by Crippen LogP contribution is -2.41. The molecule has 0 aliphatic heterocycles. The zero-order chi connectivity index (χ0) is 18.4. The van der Waals surface area contributed by atoms with Crippen LogP contribution in [0.25, 0.3) is 0 Å². The maximum absolute atomic E-state index is 13.4. The molecule has 1 aromatic heterocycles. The molecule has 132 valence electrons. The quantitative estimate of drug-likeness (QED) is 0.606. The van der Waals surface area contributed by atoms with Gasteiger partial charge in [0.25, 0.3) is 5.91 Å². The summed E-state index contributed by atoms with van der Waals surface area (Å²) in [5.41, 5.74) is -0.293. The van der Waals surface area contributed by atoms with Gasteiger partial charge in [0.05, 0.1) is 28.4 Å². The number of esters is 1. The molecule has 0 aliphatic rings. The van der Waals surface area contributed by atoms with E-state index in [0.717, 1.165) is 12.1 Å². The van der Waals surface area contributed by atoms with E-state index in [2.05, 4.69) is 10.1 Å². The highest BCUT2D eigenvalue weighted by molar-refractivity contribution is 6.36. The van der Waals surface area contributed by atoms with Gasteiger partial charge in [0.2, 0.25) is 0 Å². The minimum absolute atomic E-state index is 0.0750. The molecule has 0 fully saturated rings. The van der Waals surface area contributed by atoms with Crippen molar-refractivity contribution >= 4 is 41.1 Å². The van der Waals surface area contributed by atoms with Gasteiger partial charge in [0, 0.05) is 0 Å². The molecule has 7 nitrogen and oxygen atoms in total. The molecule has 2 N–H and O–H groups in total. The number of carbonyl (C=O) groups excluding carboxylic acids is 3.